The van der Waals surface area contributed by atoms with E-state index in [4.69, 9.17) is 13.2 Å². The number of rotatable bonds is 8. The van der Waals surface area contributed by atoms with Gasteiger partial charge < -0.3 is 10.2 Å². The molecule has 3 nitrogen and oxygen atoms in total. The third-order valence-corrected chi connectivity index (χ3v) is 6.92. The van der Waals surface area contributed by atoms with Crippen LogP contribution in [0.25, 0.3) is 0 Å². The summed E-state index contributed by atoms with van der Waals surface area (Å²) >= 11 is 0. The maximum atomic E-state index is 8.54. The molecule has 198 valence electrons. The molecule has 0 aliphatic carbocycles. The lowest BCUT2D eigenvalue weighted by Gasteiger charge is -2.30. The standard InChI is InChI=1S/C34H47N3/c1-21(2)27-15-12-16-28(22(3)4)33(27)35-25(9)31-19-14-20-32(37(31)11)26(10)36-34-29(23(5)6)17-13-18-30(34)24(7)8/h12-24,35H,1-11H3/b31-25-,36-26?/i9D3,10D3. The van der Waals surface area contributed by atoms with Gasteiger partial charge in [0.15, 0.2) is 0 Å². The van der Waals surface area contributed by atoms with Crippen molar-refractivity contribution in [2.45, 2.75) is 92.8 Å². The molecule has 2 aromatic carbocycles. The Morgan fingerprint density at radius 2 is 1.30 bits per heavy atom. The molecule has 1 N–H and O–H groups in total. The first kappa shape index (κ1) is 20.9. The highest BCUT2D eigenvalue weighted by molar-refractivity contribution is 6.00. The number of likely N-dealkylation sites (N-methyl/N-ethyl adjacent to an activating group) is 1. The molecule has 1 aliphatic heterocycles. The summed E-state index contributed by atoms with van der Waals surface area (Å²) < 4.78 is 51.2. The summed E-state index contributed by atoms with van der Waals surface area (Å²) in [5, 5.41) is 3.33. The minimum atomic E-state index is -2.56. The Balaban J connectivity index is 2.28. The van der Waals surface area contributed by atoms with Crippen molar-refractivity contribution in [3.8, 4) is 0 Å². The summed E-state index contributed by atoms with van der Waals surface area (Å²) in [6.45, 7) is 11.5. The summed E-state index contributed by atoms with van der Waals surface area (Å²) in [6, 6.07) is 12.0. The fourth-order valence-corrected chi connectivity index (χ4v) is 4.77. The van der Waals surface area contributed by atoms with Gasteiger partial charge >= 0.3 is 0 Å². The molecule has 1 heterocycles. The van der Waals surface area contributed by atoms with Crippen LogP contribution in [0.1, 0.15) is 123 Å². The number of hydrogen-bond acceptors (Lipinski definition) is 3. The lowest BCUT2D eigenvalue weighted by molar-refractivity contribution is 0.551. The predicted octanol–water partition coefficient (Wildman–Crippen LogP) is 10.0. The smallest absolute Gasteiger partial charge is 0.0702 e. The monoisotopic (exact) mass is 503 g/mol. The van der Waals surface area contributed by atoms with E-state index in [1.165, 1.54) is 0 Å². The first-order valence-corrected chi connectivity index (χ1v) is 13.3. The number of nitrogens with one attached hydrogen (secondary N) is 1. The van der Waals surface area contributed by atoms with Crippen molar-refractivity contribution in [2.75, 3.05) is 12.4 Å². The van der Waals surface area contributed by atoms with Crippen molar-refractivity contribution < 1.29 is 8.22 Å². The van der Waals surface area contributed by atoms with E-state index in [2.05, 4.69) is 60.7 Å². The van der Waals surface area contributed by atoms with E-state index in [0.717, 1.165) is 27.9 Å². The van der Waals surface area contributed by atoms with Crippen LogP contribution in [0.3, 0.4) is 0 Å². The number of benzene rings is 2. The summed E-state index contributed by atoms with van der Waals surface area (Å²) in [7, 11) is 1.70. The molecule has 0 saturated carbocycles. The second-order valence-electron chi connectivity index (χ2n) is 11.0. The molecule has 0 saturated heterocycles. The van der Waals surface area contributed by atoms with Gasteiger partial charge in [-0.1, -0.05) is 97.9 Å². The van der Waals surface area contributed by atoms with Crippen LogP contribution < -0.4 is 5.32 Å². The van der Waals surface area contributed by atoms with Crippen LogP contribution in [-0.2, 0) is 0 Å². The Bertz CT molecular complexity index is 1380. The molecule has 0 amide bonds. The number of allylic oxidation sites excluding steroid dienone is 5. The third-order valence-electron chi connectivity index (χ3n) is 6.92. The summed E-state index contributed by atoms with van der Waals surface area (Å²) in [5.41, 5.74) is 6.05. The quantitative estimate of drug-likeness (QED) is 0.363. The Kier molecular flexibility index (Phi) is 6.78. The predicted molar refractivity (Wildman–Crippen MR) is 163 cm³/mol. The van der Waals surface area contributed by atoms with Crippen LogP contribution in [0.4, 0.5) is 11.4 Å². The maximum absolute atomic E-state index is 8.54. The van der Waals surface area contributed by atoms with Gasteiger partial charge in [-0.15, -0.1) is 0 Å². The fourth-order valence-electron chi connectivity index (χ4n) is 4.77. The second kappa shape index (κ2) is 12.0. The van der Waals surface area contributed by atoms with Crippen molar-refractivity contribution in [1.29, 1.82) is 0 Å². The minimum absolute atomic E-state index is 0.0298. The SMILES string of the molecule is [2H]C([2H])([2H])C(=Nc1c(C(C)C)cccc1C(C)C)C1=CC=C/C(=C(/Nc2c(C(C)C)cccc2C(C)C)C([2H])([2H])[2H])N1C. The zero-order valence-corrected chi connectivity index (χ0v) is 23.9. The fraction of sp³-hybridized carbons (Fsp3) is 0.441. The molecule has 0 unspecified atom stereocenters. The minimum Gasteiger partial charge on any atom is -0.357 e. The van der Waals surface area contributed by atoms with Crippen LogP contribution in [0.15, 0.2) is 76.7 Å². The molecule has 0 bridgehead atoms. The average molecular weight is 504 g/mol. The molecule has 1 aliphatic rings. The first-order valence-electron chi connectivity index (χ1n) is 16.3. The highest BCUT2D eigenvalue weighted by atomic mass is 15.1. The van der Waals surface area contributed by atoms with Crippen molar-refractivity contribution in [3.05, 3.63) is 94.0 Å². The van der Waals surface area contributed by atoms with Gasteiger partial charge in [0, 0.05) is 26.7 Å². The molecule has 0 spiro atoms. The molecular weight excluding hydrogens is 450 g/mol. The molecule has 3 rings (SSSR count). The highest BCUT2D eigenvalue weighted by Gasteiger charge is 2.20. The van der Waals surface area contributed by atoms with Crippen LogP contribution in [0.5, 0.6) is 0 Å². The molecule has 0 atom stereocenters. The molecule has 0 radical (unpaired) electrons. The van der Waals surface area contributed by atoms with E-state index >= 15 is 0 Å². The zero-order chi connectivity index (χ0) is 32.4. The molecule has 2 aromatic rings. The van der Waals surface area contributed by atoms with Crippen LogP contribution in [0.2, 0.25) is 0 Å². The van der Waals surface area contributed by atoms with E-state index in [-0.39, 0.29) is 35.1 Å². The average Bonchev–Trinajstić information content (AvgIpc) is 2.89. The highest BCUT2D eigenvalue weighted by Crippen LogP contribution is 2.37. The van der Waals surface area contributed by atoms with Crippen LogP contribution in [-0.4, -0.2) is 17.7 Å². The number of hydrogen-bond donors (Lipinski definition) is 1. The topological polar surface area (TPSA) is 27.6 Å². The number of aliphatic imine (C=N–C) groups is 1. The van der Waals surface area contributed by atoms with Crippen molar-refractivity contribution in [1.82, 2.24) is 4.90 Å². The lowest BCUT2D eigenvalue weighted by atomic mass is 9.92. The van der Waals surface area contributed by atoms with Crippen molar-refractivity contribution >= 4 is 17.1 Å². The molecule has 3 heteroatoms. The first-order chi connectivity index (χ1) is 19.9. The molecule has 37 heavy (non-hydrogen) atoms. The van der Waals surface area contributed by atoms with Gasteiger partial charge in [0.2, 0.25) is 0 Å². The molecule has 0 fully saturated rings. The van der Waals surface area contributed by atoms with Crippen molar-refractivity contribution in [2.24, 2.45) is 4.99 Å². The van der Waals surface area contributed by atoms with E-state index in [1.54, 1.807) is 30.2 Å². The molecular formula is C34H47N3. The Morgan fingerprint density at radius 1 is 0.784 bits per heavy atom. The normalized spacial score (nSPS) is 18.9. The van der Waals surface area contributed by atoms with Gasteiger partial charge in [-0.3, -0.25) is 4.99 Å². The number of nitrogens with zero attached hydrogens (tertiary/aromatic N) is 2. The summed E-state index contributed by atoms with van der Waals surface area (Å²) in [5.74, 6) is 0.576. The summed E-state index contributed by atoms with van der Waals surface area (Å²) in [4.78, 5) is 6.53. The Hall–Kier alpha value is -3.07. The van der Waals surface area contributed by atoms with Crippen molar-refractivity contribution in [3.63, 3.8) is 0 Å². The Morgan fingerprint density at radius 3 is 1.76 bits per heavy atom. The second-order valence-corrected chi connectivity index (χ2v) is 11.0. The van der Waals surface area contributed by atoms with E-state index in [9.17, 15) is 0 Å². The number of anilines is 1. The maximum Gasteiger partial charge on any atom is 0.0702 e. The van der Waals surface area contributed by atoms with E-state index in [0.29, 0.717) is 17.1 Å². The van der Waals surface area contributed by atoms with Crippen LogP contribution in [0, 0.1) is 0 Å². The van der Waals surface area contributed by atoms with E-state index in [1.807, 2.05) is 36.4 Å². The van der Waals surface area contributed by atoms with Gasteiger partial charge in [-0.2, -0.15) is 0 Å². The van der Waals surface area contributed by atoms with E-state index < -0.39 is 13.7 Å². The third kappa shape index (κ3) is 6.26. The van der Waals surface area contributed by atoms with Gasteiger partial charge in [-0.25, -0.2) is 0 Å². The van der Waals surface area contributed by atoms with Gasteiger partial charge in [0.25, 0.3) is 0 Å². The largest absolute Gasteiger partial charge is 0.357 e. The van der Waals surface area contributed by atoms with Gasteiger partial charge in [-0.05, 0) is 71.8 Å². The summed E-state index contributed by atoms with van der Waals surface area (Å²) in [6.07, 6.45) is 5.11. The zero-order valence-electron chi connectivity index (χ0n) is 29.9. The van der Waals surface area contributed by atoms with Gasteiger partial charge in [0.1, 0.15) is 0 Å². The number of para-hydroxylation sites is 2. The van der Waals surface area contributed by atoms with Crippen LogP contribution >= 0.6 is 0 Å². The lowest BCUT2D eigenvalue weighted by Crippen LogP contribution is -2.25. The molecule has 0 aromatic heterocycles. The van der Waals surface area contributed by atoms with Gasteiger partial charge in [0.05, 0.1) is 22.8 Å². The Labute approximate surface area is 234 Å².